The molecule has 1 aliphatic rings. The molecule has 10 heteroatoms. The minimum Gasteiger partial charge on any atom is -0.412 e. The lowest BCUT2D eigenvalue weighted by Crippen LogP contribution is -2.44. The van der Waals surface area contributed by atoms with Gasteiger partial charge in [0.25, 0.3) is 0 Å². The molecule has 0 spiro atoms. The van der Waals surface area contributed by atoms with Crippen LogP contribution in [-0.4, -0.2) is 56.9 Å². The molecule has 1 saturated heterocycles. The van der Waals surface area contributed by atoms with Crippen molar-refractivity contribution in [2.75, 3.05) is 24.6 Å². The van der Waals surface area contributed by atoms with Crippen LogP contribution in [0.1, 0.15) is 27.2 Å². The fourth-order valence-corrected chi connectivity index (χ4v) is 6.45. The molecule has 0 unspecified atom stereocenters. The molecule has 0 bridgehead atoms. The number of nitrogens with one attached hydrogen (secondary N) is 1. The Morgan fingerprint density at radius 1 is 1.19 bits per heavy atom. The SMILES string of the molecule is CC(C)(C)[Si](C)(C)O[C@H]1CCN(c2ccc3c(c2)c(-c2noc(=O)[nH]2)cn3COCC[Si](C)(C)C)C1. The Bertz CT molecular complexity index is 1250. The van der Waals surface area contributed by atoms with E-state index < -0.39 is 22.1 Å². The average Bonchev–Trinajstić information content (AvgIpc) is 3.48. The lowest BCUT2D eigenvalue weighted by Gasteiger charge is -2.38. The van der Waals surface area contributed by atoms with E-state index in [0.29, 0.717) is 12.6 Å². The quantitative estimate of drug-likeness (QED) is 0.274. The highest BCUT2D eigenvalue weighted by atomic mass is 28.4. The first kappa shape index (κ1) is 26.9. The number of aromatic nitrogens is 3. The van der Waals surface area contributed by atoms with E-state index in [-0.39, 0.29) is 11.1 Å². The summed E-state index contributed by atoms with van der Waals surface area (Å²) in [4.78, 5) is 16.8. The molecule has 1 aliphatic heterocycles. The van der Waals surface area contributed by atoms with E-state index in [0.717, 1.165) is 54.3 Å². The molecule has 0 saturated carbocycles. The topological polar surface area (TPSA) is 85.5 Å². The molecule has 3 heterocycles. The third-order valence-corrected chi connectivity index (χ3v) is 13.8. The number of benzene rings is 1. The normalized spacial score (nSPS) is 17.4. The van der Waals surface area contributed by atoms with Crippen molar-refractivity contribution in [1.82, 2.24) is 14.7 Å². The standard InChI is InChI=1S/C26H42N4O4Si2/c1-26(2,3)36(7,8)34-20-11-12-29(16-20)19-9-10-23-21(15-19)22(24-27-25(31)33-28-24)17-30(23)18-32-13-14-35(4,5)6/h9-10,15,17,20H,11-14,16,18H2,1-8H3,(H,27,28,31)/t20-/m0/s1. The van der Waals surface area contributed by atoms with E-state index in [4.69, 9.17) is 13.7 Å². The van der Waals surface area contributed by atoms with Crippen LogP contribution in [0.15, 0.2) is 33.7 Å². The van der Waals surface area contributed by atoms with Crippen molar-refractivity contribution in [2.45, 2.75) is 83.8 Å². The lowest BCUT2D eigenvalue weighted by molar-refractivity contribution is 0.0903. The van der Waals surface area contributed by atoms with Crippen LogP contribution < -0.4 is 10.7 Å². The highest BCUT2D eigenvalue weighted by molar-refractivity contribution is 6.76. The summed E-state index contributed by atoms with van der Waals surface area (Å²) in [7, 11) is -2.97. The minimum atomic E-state index is -1.81. The number of anilines is 1. The minimum absolute atomic E-state index is 0.197. The van der Waals surface area contributed by atoms with Gasteiger partial charge in [0.1, 0.15) is 6.73 Å². The molecule has 4 rings (SSSR count). The van der Waals surface area contributed by atoms with E-state index in [1.165, 1.54) is 0 Å². The van der Waals surface area contributed by atoms with Gasteiger partial charge < -0.3 is 18.6 Å². The van der Waals surface area contributed by atoms with Crippen LogP contribution in [-0.2, 0) is 15.9 Å². The Hall–Kier alpha value is -2.15. The fraction of sp³-hybridized carbons (Fsp3) is 0.615. The van der Waals surface area contributed by atoms with Gasteiger partial charge in [-0.25, -0.2) is 4.79 Å². The molecule has 2 aromatic heterocycles. The van der Waals surface area contributed by atoms with Gasteiger partial charge in [-0.3, -0.25) is 9.51 Å². The van der Waals surface area contributed by atoms with E-state index in [1.54, 1.807) is 0 Å². The monoisotopic (exact) mass is 530 g/mol. The van der Waals surface area contributed by atoms with Crippen LogP contribution in [0.2, 0.25) is 43.8 Å². The molecule has 1 aromatic carbocycles. The van der Waals surface area contributed by atoms with Crippen LogP contribution in [0, 0.1) is 0 Å². The molecule has 1 atom stereocenters. The van der Waals surface area contributed by atoms with Crippen molar-refractivity contribution in [1.29, 1.82) is 0 Å². The van der Waals surface area contributed by atoms with Crippen LogP contribution in [0.25, 0.3) is 22.3 Å². The second kappa shape index (κ2) is 9.96. The zero-order valence-corrected chi connectivity index (χ0v) is 25.1. The summed E-state index contributed by atoms with van der Waals surface area (Å²) >= 11 is 0. The first-order valence-electron chi connectivity index (χ1n) is 12.9. The Labute approximate surface area is 216 Å². The van der Waals surface area contributed by atoms with Crippen molar-refractivity contribution >= 4 is 33.0 Å². The zero-order chi connectivity index (χ0) is 26.3. The third-order valence-electron chi connectivity index (χ3n) is 7.56. The van der Waals surface area contributed by atoms with E-state index in [1.807, 2.05) is 6.20 Å². The van der Waals surface area contributed by atoms with E-state index in [9.17, 15) is 4.79 Å². The molecule has 1 N–H and O–H groups in total. The Morgan fingerprint density at radius 3 is 2.58 bits per heavy atom. The largest absolute Gasteiger partial charge is 0.439 e. The number of hydrogen-bond donors (Lipinski definition) is 1. The number of hydrogen-bond acceptors (Lipinski definition) is 6. The lowest BCUT2D eigenvalue weighted by atomic mass is 10.1. The van der Waals surface area contributed by atoms with Gasteiger partial charge >= 0.3 is 5.76 Å². The fourth-order valence-electron chi connectivity index (χ4n) is 4.32. The first-order valence-corrected chi connectivity index (χ1v) is 19.5. The molecular formula is C26H42N4O4Si2. The molecule has 0 amide bonds. The van der Waals surface area contributed by atoms with Gasteiger partial charge in [-0.1, -0.05) is 45.6 Å². The van der Waals surface area contributed by atoms with Crippen molar-refractivity contribution in [3.05, 3.63) is 34.9 Å². The van der Waals surface area contributed by atoms with E-state index >= 15 is 0 Å². The highest BCUT2D eigenvalue weighted by Gasteiger charge is 2.40. The van der Waals surface area contributed by atoms with Gasteiger partial charge in [0.2, 0.25) is 0 Å². The van der Waals surface area contributed by atoms with Crippen molar-refractivity contribution in [2.24, 2.45) is 0 Å². The van der Waals surface area contributed by atoms with Crippen LogP contribution in [0.3, 0.4) is 0 Å². The number of rotatable bonds is 9. The summed E-state index contributed by atoms with van der Waals surface area (Å²) in [5.74, 6) is -0.123. The van der Waals surface area contributed by atoms with Gasteiger partial charge in [0.15, 0.2) is 14.1 Å². The molecule has 3 aromatic rings. The van der Waals surface area contributed by atoms with Gasteiger partial charge in [-0.2, -0.15) is 0 Å². The maximum atomic E-state index is 11.7. The second-order valence-corrected chi connectivity index (χ2v) is 23.1. The van der Waals surface area contributed by atoms with Crippen LogP contribution in [0.4, 0.5) is 5.69 Å². The smallest absolute Gasteiger partial charge is 0.412 e. The Morgan fingerprint density at radius 2 is 1.94 bits per heavy atom. The number of aromatic amines is 1. The van der Waals surface area contributed by atoms with Gasteiger partial charge in [0.05, 0.1) is 11.6 Å². The molecule has 0 aliphatic carbocycles. The number of ether oxygens (including phenoxy) is 1. The summed E-state index contributed by atoms with van der Waals surface area (Å²) in [6, 6.07) is 7.61. The maximum absolute atomic E-state index is 11.7. The van der Waals surface area contributed by atoms with E-state index in [2.05, 4.69) is 91.3 Å². The average molecular weight is 531 g/mol. The van der Waals surface area contributed by atoms with Crippen LogP contribution >= 0.6 is 0 Å². The predicted molar refractivity (Wildman–Crippen MR) is 151 cm³/mol. The van der Waals surface area contributed by atoms with Crippen molar-refractivity contribution in [3.8, 4) is 11.4 Å². The van der Waals surface area contributed by atoms with Gasteiger partial charge in [0, 0.05) is 50.6 Å². The summed E-state index contributed by atoms with van der Waals surface area (Å²) in [6.07, 6.45) is 3.27. The highest BCUT2D eigenvalue weighted by Crippen LogP contribution is 2.39. The zero-order valence-electron chi connectivity index (χ0n) is 23.1. The number of nitrogens with zero attached hydrogens (tertiary/aromatic N) is 3. The summed E-state index contributed by atoms with van der Waals surface area (Å²) in [6.45, 7) is 21.6. The van der Waals surface area contributed by atoms with Gasteiger partial charge in [-0.05, 0) is 48.8 Å². The van der Waals surface area contributed by atoms with Crippen LogP contribution in [0.5, 0.6) is 0 Å². The molecule has 1 fully saturated rings. The first-order chi connectivity index (χ1) is 16.7. The molecule has 198 valence electrons. The molecule has 8 nitrogen and oxygen atoms in total. The Balaban J connectivity index is 1.57. The third kappa shape index (κ3) is 6.04. The summed E-state index contributed by atoms with van der Waals surface area (Å²) < 4.78 is 19.6. The molecule has 36 heavy (non-hydrogen) atoms. The molecule has 0 radical (unpaired) electrons. The van der Waals surface area contributed by atoms with Gasteiger partial charge in [-0.15, -0.1) is 0 Å². The maximum Gasteiger partial charge on any atom is 0.439 e. The number of fused-ring (bicyclic) bond motifs is 1. The van der Waals surface area contributed by atoms with Crippen molar-refractivity contribution in [3.63, 3.8) is 0 Å². The summed E-state index contributed by atoms with van der Waals surface area (Å²) in [5.41, 5.74) is 3.02. The Kier molecular flexibility index (Phi) is 7.44. The molecular weight excluding hydrogens is 488 g/mol. The van der Waals surface area contributed by atoms with Crippen molar-refractivity contribution < 1.29 is 13.7 Å². The number of H-pyrrole nitrogens is 1. The summed E-state index contributed by atoms with van der Waals surface area (Å²) in [5, 5.41) is 5.17. The predicted octanol–water partition coefficient (Wildman–Crippen LogP) is 5.90. The second-order valence-electron chi connectivity index (χ2n) is 12.7.